The number of benzene rings is 4. The molecule has 11 N–H and O–H groups in total. The van der Waals surface area contributed by atoms with Crippen LogP contribution in [0, 0.1) is 5.41 Å². The lowest BCUT2D eigenvalue weighted by Crippen LogP contribution is -2.58. The molecule has 4 rings (SSSR count). The number of unbranched alkanes of at least 4 members (excludes halogenated alkanes) is 1. The van der Waals surface area contributed by atoms with Gasteiger partial charge in [-0.15, -0.1) is 6.58 Å². The number of hydrogen-bond acceptors (Lipinski definition) is 7. The van der Waals surface area contributed by atoms with Gasteiger partial charge in [0.1, 0.15) is 24.2 Å². The van der Waals surface area contributed by atoms with Gasteiger partial charge in [0.05, 0.1) is 0 Å². The molecule has 4 amide bonds. The Morgan fingerprint density at radius 3 is 1.80 bits per heavy atom. The van der Waals surface area contributed by atoms with Crippen LogP contribution in [0.25, 0.3) is 32.7 Å². The monoisotopic (exact) mass is 764 g/mol. The van der Waals surface area contributed by atoms with E-state index in [1.54, 1.807) is 0 Å². The van der Waals surface area contributed by atoms with E-state index in [0.717, 1.165) is 38.2 Å². The molecule has 0 aliphatic heterocycles. The first-order chi connectivity index (χ1) is 26.9. The summed E-state index contributed by atoms with van der Waals surface area (Å²) < 4.78 is 0. The number of guanidine groups is 1. The molecule has 0 fully saturated rings. The molecule has 296 valence electrons. The van der Waals surface area contributed by atoms with Crippen LogP contribution in [0.1, 0.15) is 51.0 Å². The van der Waals surface area contributed by atoms with Crippen LogP contribution in [0.3, 0.4) is 0 Å². The summed E-state index contributed by atoms with van der Waals surface area (Å²) in [6, 6.07) is 21.8. The van der Waals surface area contributed by atoms with E-state index in [0.29, 0.717) is 25.8 Å². The van der Waals surface area contributed by atoms with Crippen LogP contribution in [-0.2, 0) is 30.4 Å². The summed E-state index contributed by atoms with van der Waals surface area (Å²) in [5.41, 5.74) is 13.9. The third kappa shape index (κ3) is 12.1. The number of carboxylic acids is 1. The highest BCUT2D eigenvalue weighted by Crippen LogP contribution is 2.36. The number of carbonyl (C=O) groups is 5. The summed E-state index contributed by atoms with van der Waals surface area (Å²) in [5.74, 6) is -3.97. The zero-order chi connectivity index (χ0) is 40.6. The molecule has 0 aliphatic carbocycles. The highest BCUT2D eigenvalue weighted by atomic mass is 16.4. The molecule has 14 nitrogen and oxygen atoms in total. The van der Waals surface area contributed by atoms with Gasteiger partial charge in [0.25, 0.3) is 0 Å². The van der Waals surface area contributed by atoms with Crippen LogP contribution in [-0.4, -0.2) is 77.9 Å². The predicted molar refractivity (Wildman–Crippen MR) is 218 cm³/mol. The Hall–Kier alpha value is -6.28. The van der Waals surface area contributed by atoms with Crippen LogP contribution >= 0.6 is 0 Å². The van der Waals surface area contributed by atoms with Crippen molar-refractivity contribution in [1.29, 1.82) is 5.41 Å². The van der Waals surface area contributed by atoms with Crippen LogP contribution in [0.4, 0.5) is 0 Å². The maximum absolute atomic E-state index is 13.9. The van der Waals surface area contributed by atoms with Gasteiger partial charge in [-0.25, -0.2) is 4.79 Å². The molecule has 0 radical (unpaired) electrons. The maximum atomic E-state index is 13.9. The van der Waals surface area contributed by atoms with Crippen molar-refractivity contribution in [2.24, 2.45) is 11.5 Å². The van der Waals surface area contributed by atoms with Crippen LogP contribution < -0.4 is 38.1 Å². The summed E-state index contributed by atoms with van der Waals surface area (Å²) in [6.07, 6.45) is 3.04. The van der Waals surface area contributed by atoms with Crippen molar-refractivity contribution in [2.75, 3.05) is 13.1 Å². The number of amides is 4. The van der Waals surface area contributed by atoms with E-state index in [1.165, 1.54) is 13.0 Å². The lowest BCUT2D eigenvalue weighted by atomic mass is 9.91. The molecule has 56 heavy (non-hydrogen) atoms. The Morgan fingerprint density at radius 2 is 1.29 bits per heavy atom. The van der Waals surface area contributed by atoms with Gasteiger partial charge in [0.2, 0.25) is 23.6 Å². The average molecular weight is 765 g/mol. The number of nitrogens with two attached hydrogens (primary N) is 2. The molecule has 4 aromatic carbocycles. The smallest absolute Gasteiger partial charge is 0.326 e. The molecule has 4 atom stereocenters. The molecule has 0 heterocycles. The topological polar surface area (TPSA) is 242 Å². The highest BCUT2D eigenvalue weighted by Gasteiger charge is 2.31. The molecular formula is C42H52N8O6. The van der Waals surface area contributed by atoms with E-state index < -0.39 is 53.8 Å². The summed E-state index contributed by atoms with van der Waals surface area (Å²) in [4.78, 5) is 65.1. The number of carbonyl (C=O) groups excluding carboxylic acids is 4. The normalized spacial score (nSPS) is 13.1. The molecule has 0 bridgehead atoms. The van der Waals surface area contributed by atoms with Gasteiger partial charge in [-0.2, -0.15) is 0 Å². The summed E-state index contributed by atoms with van der Waals surface area (Å²) in [5, 5.41) is 34.7. The van der Waals surface area contributed by atoms with Crippen LogP contribution in [0.15, 0.2) is 91.5 Å². The molecule has 0 unspecified atom stereocenters. The van der Waals surface area contributed by atoms with Gasteiger partial charge in [0.15, 0.2) is 5.96 Å². The van der Waals surface area contributed by atoms with E-state index in [2.05, 4.69) is 63.5 Å². The third-order valence-electron chi connectivity index (χ3n) is 9.36. The molecule has 4 aromatic rings. The summed E-state index contributed by atoms with van der Waals surface area (Å²) in [6.45, 7) is 5.43. The zero-order valence-electron chi connectivity index (χ0n) is 31.6. The fraction of sp³-hybridized carbons (Fsp3) is 0.333. The number of aliphatic carboxylic acids is 1. The first-order valence-electron chi connectivity index (χ1n) is 18.7. The Labute approximate surface area is 326 Å². The SMILES string of the molecule is C=CC[C@H](NC(=O)[C@@H](CCCNC(=N)N)NC(=O)[C@@H](CCCCN)NC(=O)[C@H](Cc1ccc(-c2c3ccccc3cc3ccccc23)cc1)NC(C)=O)C(=O)O. The Morgan fingerprint density at radius 1 is 0.750 bits per heavy atom. The van der Waals surface area contributed by atoms with Crippen molar-refractivity contribution >= 4 is 57.1 Å². The van der Waals surface area contributed by atoms with Gasteiger partial charge in [-0.1, -0.05) is 78.9 Å². The quantitative estimate of drug-likeness (QED) is 0.0199. The van der Waals surface area contributed by atoms with Crippen molar-refractivity contribution in [2.45, 2.75) is 76.0 Å². The fourth-order valence-corrected chi connectivity index (χ4v) is 6.59. The molecule has 14 heteroatoms. The van der Waals surface area contributed by atoms with Crippen LogP contribution in [0.5, 0.6) is 0 Å². The average Bonchev–Trinajstić information content (AvgIpc) is 3.17. The minimum Gasteiger partial charge on any atom is -0.480 e. The van der Waals surface area contributed by atoms with E-state index in [4.69, 9.17) is 16.9 Å². The maximum Gasteiger partial charge on any atom is 0.326 e. The molecule has 0 saturated carbocycles. The molecule has 0 spiro atoms. The van der Waals surface area contributed by atoms with Gasteiger partial charge in [-0.05, 0) is 89.4 Å². The fourth-order valence-electron chi connectivity index (χ4n) is 6.59. The standard InChI is InChI=1S/C42H52N8O6/c1-3-11-35(41(55)56)50-39(53)34(17-10-23-46-42(44)45)48-38(52)33(16-8-9-22-43)49-40(54)36(47-26(2)51)24-27-18-20-28(21-19-27)37-31-14-6-4-12-29(31)25-30-13-5-7-15-32(30)37/h3-7,12-15,18-21,25,33-36H,1,8-11,16-17,22-24,43H2,2H3,(H,47,51)(H,48,52)(H,49,54)(H,50,53)(H,55,56)(H4,44,45,46)/t33-,34-,35+,36+/m1/s1. The number of fused-ring (bicyclic) bond motifs is 2. The van der Waals surface area contributed by atoms with Crippen molar-refractivity contribution in [3.63, 3.8) is 0 Å². The van der Waals surface area contributed by atoms with Gasteiger partial charge < -0.3 is 43.2 Å². The number of carboxylic acid groups (broad SMARTS) is 1. The molecule has 0 aromatic heterocycles. The number of nitrogens with one attached hydrogen (secondary N) is 6. The second-order valence-corrected chi connectivity index (χ2v) is 13.7. The van der Waals surface area contributed by atoms with E-state index in [9.17, 15) is 29.1 Å². The second kappa shape index (κ2) is 21.0. The lowest BCUT2D eigenvalue weighted by Gasteiger charge is -2.26. The largest absolute Gasteiger partial charge is 0.480 e. The third-order valence-corrected chi connectivity index (χ3v) is 9.36. The van der Waals surface area contributed by atoms with E-state index in [-0.39, 0.29) is 38.2 Å². The van der Waals surface area contributed by atoms with Crippen molar-refractivity contribution in [3.05, 3.63) is 97.1 Å². The number of rotatable bonds is 21. The Kier molecular flexibility index (Phi) is 15.9. The van der Waals surface area contributed by atoms with Gasteiger partial charge in [0, 0.05) is 19.9 Å². The lowest BCUT2D eigenvalue weighted by molar-refractivity contribution is -0.142. The summed E-state index contributed by atoms with van der Waals surface area (Å²) >= 11 is 0. The van der Waals surface area contributed by atoms with Crippen molar-refractivity contribution in [1.82, 2.24) is 26.6 Å². The number of hydrogen-bond donors (Lipinski definition) is 9. The van der Waals surface area contributed by atoms with Crippen molar-refractivity contribution in [3.8, 4) is 11.1 Å². The van der Waals surface area contributed by atoms with Gasteiger partial charge >= 0.3 is 5.97 Å². The molecule has 0 aliphatic rings. The minimum atomic E-state index is -1.27. The first-order valence-corrected chi connectivity index (χ1v) is 18.7. The minimum absolute atomic E-state index is 0.0429. The first kappa shape index (κ1) is 42.5. The predicted octanol–water partition coefficient (Wildman–Crippen LogP) is 3.21. The summed E-state index contributed by atoms with van der Waals surface area (Å²) in [7, 11) is 0. The van der Waals surface area contributed by atoms with Crippen LogP contribution in [0.2, 0.25) is 0 Å². The second-order valence-electron chi connectivity index (χ2n) is 13.7. The van der Waals surface area contributed by atoms with E-state index in [1.807, 2.05) is 48.5 Å². The highest BCUT2D eigenvalue weighted by molar-refractivity contribution is 6.12. The Bertz CT molecular complexity index is 1980. The van der Waals surface area contributed by atoms with Gasteiger partial charge in [-0.3, -0.25) is 24.6 Å². The van der Waals surface area contributed by atoms with E-state index >= 15 is 0 Å². The Balaban J connectivity index is 1.55. The van der Waals surface area contributed by atoms with Crippen molar-refractivity contribution < 1.29 is 29.1 Å². The molecule has 0 saturated heterocycles. The zero-order valence-corrected chi connectivity index (χ0v) is 31.6. The molecular weight excluding hydrogens is 713 g/mol.